The van der Waals surface area contributed by atoms with Crippen molar-refractivity contribution in [1.82, 2.24) is 4.98 Å². The molecule has 5 nitrogen and oxygen atoms in total. The van der Waals surface area contributed by atoms with Crippen molar-refractivity contribution in [3.8, 4) is 0 Å². The fourth-order valence-electron chi connectivity index (χ4n) is 2.52. The highest BCUT2D eigenvalue weighted by Gasteiger charge is 2.73. The Hall–Kier alpha value is -2.89. The van der Waals surface area contributed by atoms with Gasteiger partial charge in [-0.15, -0.1) is 0 Å². The first-order valence-corrected chi connectivity index (χ1v) is 8.11. The van der Waals surface area contributed by atoms with Crippen molar-refractivity contribution < 1.29 is 45.4 Å². The van der Waals surface area contributed by atoms with Crippen molar-refractivity contribution in [3.63, 3.8) is 0 Å². The van der Waals surface area contributed by atoms with Crippen molar-refractivity contribution >= 4 is 29.2 Å². The molecular weight excluding hydrogens is 449 g/mol. The van der Waals surface area contributed by atoms with Crippen molar-refractivity contribution in [1.29, 1.82) is 0 Å². The van der Waals surface area contributed by atoms with Gasteiger partial charge in [-0.1, -0.05) is 23.7 Å². The summed E-state index contributed by atoms with van der Waals surface area (Å²) in [4.78, 5) is 27.1. The number of aromatic nitrogens is 1. The van der Waals surface area contributed by atoms with Crippen molar-refractivity contribution in [2.75, 3.05) is 5.32 Å². The highest BCUT2D eigenvalue weighted by Crippen LogP contribution is 2.53. The summed E-state index contributed by atoms with van der Waals surface area (Å²) < 4.78 is 91.4. The Morgan fingerprint density at radius 3 is 2.07 bits per heavy atom. The van der Waals surface area contributed by atoms with E-state index in [1.165, 1.54) is 0 Å². The molecule has 2 aromatic rings. The van der Waals surface area contributed by atoms with Gasteiger partial charge in [-0.2, -0.15) is 26.3 Å². The third-order valence-corrected chi connectivity index (χ3v) is 4.30. The molecule has 1 aromatic carbocycles. The van der Waals surface area contributed by atoms with E-state index in [9.17, 15) is 40.3 Å². The Balaban J connectivity index is 2.46. The highest BCUT2D eigenvalue weighted by atomic mass is 35.5. The largest absolute Gasteiger partial charge is 0.478 e. The summed E-state index contributed by atoms with van der Waals surface area (Å²) in [6, 6.07) is 2.14. The molecule has 1 heterocycles. The van der Waals surface area contributed by atoms with E-state index in [0.717, 1.165) is 19.2 Å². The summed E-state index contributed by atoms with van der Waals surface area (Å²) in [6.07, 6.45) is -11.6. The molecule has 0 fully saturated rings. The van der Waals surface area contributed by atoms with Crippen molar-refractivity contribution in [2.24, 2.45) is 0 Å². The number of aromatic carboxylic acids is 1. The lowest BCUT2D eigenvalue weighted by atomic mass is 9.92. The molecule has 0 radical (unpaired) electrons. The van der Waals surface area contributed by atoms with Crippen molar-refractivity contribution in [3.05, 3.63) is 57.9 Å². The quantitative estimate of drug-likeness (QED) is 0.482. The highest BCUT2D eigenvalue weighted by molar-refractivity contribution is 6.33. The fraction of sp³-hybridized carbons (Fsp3) is 0.235. The number of halogens is 8. The van der Waals surface area contributed by atoms with Gasteiger partial charge in [0.15, 0.2) is 0 Å². The number of pyridine rings is 1. The molecule has 0 saturated carbocycles. The lowest BCUT2D eigenvalue weighted by molar-refractivity contribution is -0.348. The van der Waals surface area contributed by atoms with Gasteiger partial charge in [-0.25, -0.2) is 14.2 Å². The standard InChI is InChI=1S/C17H10ClF7N2O3/c1-7-6-8(15(19,16(20,21)22)17(23,24)25)2-3-10(7)27-13(28)9-4-5-26-12(18)11(9)14(29)30/h2-6H,1H3,(H,27,28)(H,29,30). The van der Waals surface area contributed by atoms with Crippen LogP contribution in [0.25, 0.3) is 0 Å². The summed E-state index contributed by atoms with van der Waals surface area (Å²) in [5.41, 5.74) is -9.09. The van der Waals surface area contributed by atoms with Crippen molar-refractivity contribution in [2.45, 2.75) is 24.9 Å². The number of hydrogen-bond acceptors (Lipinski definition) is 3. The molecule has 0 saturated heterocycles. The molecule has 0 bridgehead atoms. The first-order valence-electron chi connectivity index (χ1n) is 7.74. The van der Waals surface area contributed by atoms with Crippen LogP contribution in [0.3, 0.4) is 0 Å². The number of carbonyl (C=O) groups is 2. The number of anilines is 1. The van der Waals surface area contributed by atoms with Gasteiger partial charge in [0.1, 0.15) is 10.7 Å². The molecule has 1 amide bonds. The van der Waals surface area contributed by atoms with Crippen LogP contribution in [0.2, 0.25) is 5.15 Å². The summed E-state index contributed by atoms with van der Waals surface area (Å²) in [7, 11) is 0. The zero-order valence-corrected chi connectivity index (χ0v) is 15.4. The number of benzene rings is 1. The van der Waals surface area contributed by atoms with Gasteiger partial charge in [-0.3, -0.25) is 4.79 Å². The van der Waals surface area contributed by atoms with Crippen LogP contribution in [0.4, 0.5) is 36.4 Å². The average Bonchev–Trinajstić information content (AvgIpc) is 2.60. The van der Waals surface area contributed by atoms with Crippen LogP contribution in [-0.2, 0) is 5.67 Å². The van der Waals surface area contributed by atoms with Gasteiger partial charge >= 0.3 is 24.0 Å². The second kappa shape index (κ2) is 7.74. The number of amides is 1. The lowest BCUT2D eigenvalue weighted by Crippen LogP contribution is -2.50. The van der Waals surface area contributed by atoms with Crippen LogP contribution in [0, 0.1) is 6.92 Å². The molecule has 0 atom stereocenters. The molecule has 2 N–H and O–H groups in total. The zero-order chi connectivity index (χ0) is 23.1. The number of rotatable bonds is 4. The van der Waals surface area contributed by atoms with Crippen LogP contribution >= 0.6 is 11.6 Å². The second-order valence-corrected chi connectivity index (χ2v) is 6.33. The molecule has 0 aliphatic heterocycles. The smallest absolute Gasteiger partial charge is 0.435 e. The topological polar surface area (TPSA) is 79.3 Å². The number of alkyl halides is 7. The summed E-state index contributed by atoms with van der Waals surface area (Å²) in [5, 5.41) is 10.8. The SMILES string of the molecule is Cc1cc(C(F)(C(F)(F)F)C(F)(F)F)ccc1NC(=O)c1ccnc(Cl)c1C(=O)O. The Morgan fingerprint density at radius 1 is 1.03 bits per heavy atom. The Kier molecular flexibility index (Phi) is 6.04. The van der Waals surface area contributed by atoms with E-state index >= 15 is 0 Å². The van der Waals surface area contributed by atoms with E-state index in [4.69, 9.17) is 16.7 Å². The van der Waals surface area contributed by atoms with E-state index in [-0.39, 0.29) is 23.4 Å². The molecular formula is C17H10ClF7N2O3. The van der Waals surface area contributed by atoms with Crippen LogP contribution in [0.1, 0.15) is 31.8 Å². The van der Waals surface area contributed by atoms with Gasteiger partial charge in [-0.05, 0) is 24.6 Å². The molecule has 162 valence electrons. The van der Waals surface area contributed by atoms with Crippen LogP contribution in [0.5, 0.6) is 0 Å². The minimum atomic E-state index is -6.29. The molecule has 30 heavy (non-hydrogen) atoms. The minimum Gasteiger partial charge on any atom is -0.478 e. The normalized spacial score (nSPS) is 12.6. The maximum absolute atomic E-state index is 14.1. The number of carboxylic acid groups (broad SMARTS) is 1. The van der Waals surface area contributed by atoms with Gasteiger partial charge in [0.05, 0.1) is 5.56 Å². The summed E-state index contributed by atoms with van der Waals surface area (Å²) in [5.74, 6) is -2.67. The monoisotopic (exact) mass is 458 g/mol. The zero-order valence-electron chi connectivity index (χ0n) is 14.6. The van der Waals surface area contributed by atoms with Gasteiger partial charge in [0.2, 0.25) is 0 Å². The molecule has 0 aliphatic carbocycles. The van der Waals surface area contributed by atoms with Crippen LogP contribution < -0.4 is 5.32 Å². The number of nitrogens with one attached hydrogen (secondary N) is 1. The van der Waals surface area contributed by atoms with E-state index in [0.29, 0.717) is 6.07 Å². The fourth-order valence-corrected chi connectivity index (χ4v) is 2.76. The average molecular weight is 459 g/mol. The first kappa shape index (κ1) is 23.4. The third-order valence-electron chi connectivity index (χ3n) is 4.02. The van der Waals surface area contributed by atoms with Gasteiger partial charge in [0.25, 0.3) is 5.91 Å². The number of aryl methyl sites for hydroxylation is 1. The van der Waals surface area contributed by atoms with E-state index in [1.54, 1.807) is 0 Å². The minimum absolute atomic E-state index is 0.223. The molecule has 13 heteroatoms. The Labute approximate surface area is 168 Å². The Bertz CT molecular complexity index is 992. The number of carboxylic acids is 1. The van der Waals surface area contributed by atoms with Gasteiger partial charge < -0.3 is 10.4 Å². The molecule has 0 unspecified atom stereocenters. The van der Waals surface area contributed by atoms with Gasteiger partial charge in [0, 0.05) is 17.4 Å². The number of carbonyl (C=O) groups excluding carboxylic acids is 1. The third kappa shape index (κ3) is 4.04. The maximum Gasteiger partial charge on any atom is 0.435 e. The summed E-state index contributed by atoms with van der Waals surface area (Å²) >= 11 is 5.63. The Morgan fingerprint density at radius 2 is 1.60 bits per heavy atom. The lowest BCUT2D eigenvalue weighted by Gasteiger charge is -2.30. The van der Waals surface area contributed by atoms with Crippen LogP contribution in [0.15, 0.2) is 30.5 Å². The van der Waals surface area contributed by atoms with E-state index in [2.05, 4.69) is 10.3 Å². The number of nitrogens with zero attached hydrogens (tertiary/aromatic N) is 1. The number of hydrogen-bond donors (Lipinski definition) is 2. The predicted octanol–water partition coefficient (Wildman–Crippen LogP) is 5.28. The van der Waals surface area contributed by atoms with E-state index < -0.39 is 51.7 Å². The first-order chi connectivity index (χ1) is 13.6. The molecule has 1 aromatic heterocycles. The van der Waals surface area contributed by atoms with Crippen LogP contribution in [-0.4, -0.2) is 34.3 Å². The molecule has 2 rings (SSSR count). The summed E-state index contributed by atoms with van der Waals surface area (Å²) in [6.45, 7) is 1.03. The second-order valence-electron chi connectivity index (χ2n) is 5.97. The maximum atomic E-state index is 14.1. The van der Waals surface area contributed by atoms with E-state index in [1.807, 2.05) is 0 Å². The predicted molar refractivity (Wildman–Crippen MR) is 90.2 cm³/mol. The molecule has 0 aliphatic rings. The molecule has 0 spiro atoms.